The van der Waals surface area contributed by atoms with E-state index in [1.165, 1.54) is 25.6 Å². The van der Waals surface area contributed by atoms with Crippen molar-refractivity contribution >= 4 is 26.8 Å². The molecule has 0 spiro atoms. The number of carbonyl (C=O) groups is 1. The van der Waals surface area contributed by atoms with Gasteiger partial charge >= 0.3 is 0 Å². The minimum absolute atomic E-state index is 0.227. The number of amides is 1. The molecule has 2 aromatic carbocycles. The summed E-state index contributed by atoms with van der Waals surface area (Å²) in [6, 6.07) is 9.88. The maximum atomic E-state index is 12.8. The summed E-state index contributed by atoms with van der Waals surface area (Å²) in [5.41, 5.74) is 1.69. The first-order chi connectivity index (χ1) is 15.8. The molecule has 1 heterocycles. The van der Waals surface area contributed by atoms with Crippen LogP contribution in [0.25, 0.3) is 10.9 Å². The van der Waals surface area contributed by atoms with Crippen molar-refractivity contribution < 1.29 is 27.4 Å². The van der Waals surface area contributed by atoms with Gasteiger partial charge in [-0.25, -0.2) is 8.42 Å². The Bertz CT molecular complexity index is 1230. The zero-order chi connectivity index (χ0) is 24.2. The highest BCUT2D eigenvalue weighted by Crippen LogP contribution is 2.41. The van der Waals surface area contributed by atoms with Crippen LogP contribution in [-0.4, -0.2) is 58.0 Å². The zero-order valence-electron chi connectivity index (χ0n) is 19.4. The van der Waals surface area contributed by atoms with E-state index >= 15 is 0 Å². The average Bonchev–Trinajstić information content (AvgIpc) is 3.27. The molecule has 0 aliphatic rings. The van der Waals surface area contributed by atoms with E-state index in [9.17, 15) is 13.2 Å². The van der Waals surface area contributed by atoms with Crippen LogP contribution in [0.2, 0.25) is 0 Å². The van der Waals surface area contributed by atoms with Crippen LogP contribution < -0.4 is 19.5 Å². The number of rotatable bonds is 10. The van der Waals surface area contributed by atoms with Gasteiger partial charge in [-0.05, 0) is 23.8 Å². The van der Waals surface area contributed by atoms with Crippen molar-refractivity contribution in [2.45, 2.75) is 25.3 Å². The maximum absolute atomic E-state index is 12.8. The normalized spacial score (nSPS) is 11.6. The zero-order valence-corrected chi connectivity index (χ0v) is 20.2. The standard InChI is InChI=1S/C23H29N3O6S/c1-6-26(7-2)33(28,29)16-10-8-15(9-11-16)14-24-23(27)18-12-17-19(30-3)13-20(31-4)22(32-5)21(17)25-18/h8-13,25H,6-7,14H2,1-5H3,(H,24,27). The summed E-state index contributed by atoms with van der Waals surface area (Å²) in [4.78, 5) is 16.1. The number of nitrogens with zero attached hydrogens (tertiary/aromatic N) is 1. The Hall–Kier alpha value is -3.24. The molecule has 1 amide bonds. The van der Waals surface area contributed by atoms with Crippen LogP contribution in [0.1, 0.15) is 29.9 Å². The fourth-order valence-corrected chi connectivity index (χ4v) is 5.09. The Morgan fingerprint density at radius 2 is 1.61 bits per heavy atom. The smallest absolute Gasteiger partial charge is 0.268 e. The summed E-state index contributed by atoms with van der Waals surface area (Å²) in [6.07, 6.45) is 0. The van der Waals surface area contributed by atoms with Gasteiger partial charge in [0.15, 0.2) is 11.5 Å². The molecule has 9 nitrogen and oxygen atoms in total. The number of aromatic amines is 1. The van der Waals surface area contributed by atoms with E-state index in [0.29, 0.717) is 46.9 Å². The first-order valence-corrected chi connectivity index (χ1v) is 11.9. The number of H-pyrrole nitrogens is 1. The highest BCUT2D eigenvalue weighted by molar-refractivity contribution is 7.89. The van der Waals surface area contributed by atoms with Gasteiger partial charge in [-0.2, -0.15) is 4.31 Å². The molecule has 3 rings (SSSR count). The molecule has 0 radical (unpaired) electrons. The van der Waals surface area contributed by atoms with Gasteiger partial charge in [-0.3, -0.25) is 4.79 Å². The van der Waals surface area contributed by atoms with Crippen LogP contribution in [-0.2, 0) is 16.6 Å². The minimum Gasteiger partial charge on any atom is -0.496 e. The molecular formula is C23H29N3O6S. The third-order valence-electron chi connectivity index (χ3n) is 5.40. The summed E-state index contributed by atoms with van der Waals surface area (Å²) in [6.45, 7) is 4.65. The number of sulfonamides is 1. The predicted octanol–water partition coefficient (Wildman–Crippen LogP) is 3.15. The lowest BCUT2D eigenvalue weighted by molar-refractivity contribution is 0.0946. The van der Waals surface area contributed by atoms with E-state index in [0.717, 1.165) is 5.56 Å². The van der Waals surface area contributed by atoms with Crippen LogP contribution in [0.15, 0.2) is 41.3 Å². The summed E-state index contributed by atoms with van der Waals surface area (Å²) in [7, 11) is 1.07. The lowest BCUT2D eigenvalue weighted by Crippen LogP contribution is -2.30. The highest BCUT2D eigenvalue weighted by atomic mass is 32.2. The predicted molar refractivity (Wildman–Crippen MR) is 126 cm³/mol. The molecule has 1 aromatic heterocycles. The van der Waals surface area contributed by atoms with Gasteiger partial charge in [0.2, 0.25) is 10.0 Å². The number of fused-ring (bicyclic) bond motifs is 1. The number of benzene rings is 2. The third-order valence-corrected chi connectivity index (χ3v) is 7.47. The van der Waals surface area contributed by atoms with Crippen LogP contribution in [0, 0.1) is 0 Å². The molecule has 0 unspecified atom stereocenters. The minimum atomic E-state index is -3.52. The Morgan fingerprint density at radius 3 is 2.15 bits per heavy atom. The number of methoxy groups -OCH3 is 3. The molecule has 0 saturated carbocycles. The number of nitrogens with one attached hydrogen (secondary N) is 2. The Labute approximate surface area is 193 Å². The van der Waals surface area contributed by atoms with Crippen LogP contribution in [0.4, 0.5) is 0 Å². The Balaban J connectivity index is 1.78. The molecule has 0 bridgehead atoms. The molecule has 2 N–H and O–H groups in total. The first-order valence-electron chi connectivity index (χ1n) is 10.5. The third kappa shape index (κ3) is 4.76. The number of ether oxygens (including phenoxy) is 3. The van der Waals surface area contributed by atoms with Crippen LogP contribution >= 0.6 is 0 Å². The summed E-state index contributed by atoms with van der Waals surface area (Å²) in [5, 5.41) is 3.53. The quantitative estimate of drug-likeness (QED) is 0.466. The summed E-state index contributed by atoms with van der Waals surface area (Å²) in [5.74, 6) is 1.17. The Kier molecular flexibility index (Phi) is 7.50. The lowest BCUT2D eigenvalue weighted by Gasteiger charge is -2.18. The largest absolute Gasteiger partial charge is 0.496 e. The first kappa shape index (κ1) is 24.4. The molecule has 33 heavy (non-hydrogen) atoms. The van der Waals surface area contributed by atoms with E-state index in [1.54, 1.807) is 50.2 Å². The average molecular weight is 476 g/mol. The molecule has 0 saturated heterocycles. The topological polar surface area (TPSA) is 110 Å². The van der Waals surface area contributed by atoms with Gasteiger partial charge in [0.1, 0.15) is 11.4 Å². The monoisotopic (exact) mass is 475 g/mol. The van der Waals surface area contributed by atoms with Crippen molar-refractivity contribution in [2.75, 3.05) is 34.4 Å². The van der Waals surface area contributed by atoms with Crippen molar-refractivity contribution in [3.63, 3.8) is 0 Å². The highest BCUT2D eigenvalue weighted by Gasteiger charge is 2.22. The molecule has 0 aliphatic carbocycles. The number of hydrogen-bond donors (Lipinski definition) is 2. The van der Waals surface area contributed by atoms with Crippen molar-refractivity contribution in [2.24, 2.45) is 0 Å². The molecule has 0 aliphatic heterocycles. The Morgan fingerprint density at radius 1 is 0.970 bits per heavy atom. The molecular weight excluding hydrogens is 446 g/mol. The van der Waals surface area contributed by atoms with Crippen molar-refractivity contribution in [1.29, 1.82) is 0 Å². The molecule has 0 fully saturated rings. The number of carbonyl (C=O) groups excluding carboxylic acids is 1. The second-order valence-electron chi connectivity index (χ2n) is 7.20. The van der Waals surface area contributed by atoms with Gasteiger partial charge in [-0.1, -0.05) is 26.0 Å². The molecule has 0 atom stereocenters. The van der Waals surface area contributed by atoms with Crippen molar-refractivity contribution in [3.8, 4) is 17.2 Å². The fourth-order valence-electron chi connectivity index (χ4n) is 3.63. The second kappa shape index (κ2) is 10.1. The van der Waals surface area contributed by atoms with Crippen LogP contribution in [0.3, 0.4) is 0 Å². The molecule has 10 heteroatoms. The van der Waals surface area contributed by atoms with Gasteiger partial charge in [0.05, 0.1) is 31.7 Å². The van der Waals surface area contributed by atoms with E-state index in [1.807, 2.05) is 0 Å². The lowest BCUT2D eigenvalue weighted by atomic mass is 10.2. The number of hydrogen-bond acceptors (Lipinski definition) is 6. The maximum Gasteiger partial charge on any atom is 0.268 e. The SMILES string of the molecule is CCN(CC)S(=O)(=O)c1ccc(CNC(=O)c2cc3c(OC)cc(OC)c(OC)c3[nH]2)cc1. The van der Waals surface area contributed by atoms with E-state index < -0.39 is 10.0 Å². The van der Waals surface area contributed by atoms with Crippen molar-refractivity contribution in [1.82, 2.24) is 14.6 Å². The van der Waals surface area contributed by atoms with Gasteiger partial charge < -0.3 is 24.5 Å². The fraction of sp³-hybridized carbons (Fsp3) is 0.348. The molecule has 3 aromatic rings. The van der Waals surface area contributed by atoms with Gasteiger partial charge in [0, 0.05) is 31.1 Å². The van der Waals surface area contributed by atoms with Crippen LogP contribution in [0.5, 0.6) is 17.2 Å². The van der Waals surface area contributed by atoms with Gasteiger partial charge in [-0.15, -0.1) is 0 Å². The summed E-state index contributed by atoms with van der Waals surface area (Å²) < 4.78 is 42.9. The second-order valence-corrected chi connectivity index (χ2v) is 9.14. The van der Waals surface area contributed by atoms with E-state index in [4.69, 9.17) is 14.2 Å². The van der Waals surface area contributed by atoms with Crippen molar-refractivity contribution in [3.05, 3.63) is 47.7 Å². The number of aromatic nitrogens is 1. The summed E-state index contributed by atoms with van der Waals surface area (Å²) >= 11 is 0. The van der Waals surface area contributed by atoms with Gasteiger partial charge in [0.25, 0.3) is 5.91 Å². The van der Waals surface area contributed by atoms with E-state index in [2.05, 4.69) is 10.3 Å². The molecule has 178 valence electrons. The van der Waals surface area contributed by atoms with E-state index in [-0.39, 0.29) is 17.3 Å².